The zero-order valence-corrected chi connectivity index (χ0v) is 49.3. The molecule has 2 atom stereocenters. The van der Waals surface area contributed by atoms with Crippen LogP contribution in [0.25, 0.3) is 11.1 Å². The van der Waals surface area contributed by atoms with Gasteiger partial charge in [0, 0.05) is 36.8 Å². The highest BCUT2D eigenvalue weighted by Gasteiger charge is 2.41. The number of benzene rings is 5. The minimum atomic E-state index is -2.10. The molecule has 5 aromatic rings. The number of anilines is 2. The molecular weight excluding hydrogens is 1000 g/mol. The van der Waals surface area contributed by atoms with Crippen LogP contribution in [-0.4, -0.2) is 104 Å². The van der Waals surface area contributed by atoms with Crippen molar-refractivity contribution in [2.24, 2.45) is 0 Å². The second-order valence-corrected chi connectivity index (χ2v) is 33.3. The largest absolute Gasteiger partial charge is 0.493 e. The van der Waals surface area contributed by atoms with Crippen molar-refractivity contribution in [1.29, 1.82) is 0 Å². The van der Waals surface area contributed by atoms with Crippen molar-refractivity contribution in [3.63, 3.8) is 0 Å². The monoisotopic (exact) mass is 1080 g/mol. The molecule has 0 bridgehead atoms. The van der Waals surface area contributed by atoms with E-state index in [9.17, 15) is 14.4 Å². The topological polar surface area (TPSA) is 160 Å². The van der Waals surface area contributed by atoms with Gasteiger partial charge in [0.2, 0.25) is 0 Å². The van der Waals surface area contributed by atoms with E-state index in [1.807, 2.05) is 58.3 Å². The molecule has 3 N–H and O–H groups in total. The highest BCUT2D eigenvalue weighted by molar-refractivity contribution is 6.74. The number of likely N-dealkylation sites (tertiary alicyclic amines) is 2. The van der Waals surface area contributed by atoms with Crippen molar-refractivity contribution in [2.45, 2.75) is 135 Å². The molecule has 0 spiro atoms. The Morgan fingerprint density at radius 2 is 1.06 bits per heavy atom. The molecule has 14 nitrogen and oxygen atoms in total. The summed E-state index contributed by atoms with van der Waals surface area (Å²) in [5, 5.41) is 3.01. The standard InChI is InChI=1S/C61H80N4O10Si2/c1-60(2,3)76(9,10)74-37-42-22-18-28-64(42)57(66)48-31-53(69-7)55(33-51(48)62)71-35-40-20-17-21-41(30-40)36-72-56-34-52(63-59(68)73-39-50-46-26-15-13-24-44(46)45-25-14-16-27-47(45)50)49(32-54(56)70-8)58(67)65-29-19-23-43(65)38-75-77(11,12)61(4,5)6/h13-17,20-21,24-27,30-34,42-43,50H,18-19,22-23,28-29,35-39,62H2,1-12H3,(H,63,68)/t42-,43-/m0/s1. The summed E-state index contributed by atoms with van der Waals surface area (Å²) < 4.78 is 43.6. The normalized spacial score (nSPS) is 16.7. The van der Waals surface area contributed by atoms with Gasteiger partial charge in [-0.2, -0.15) is 0 Å². The first-order chi connectivity index (χ1) is 36.5. The first-order valence-corrected chi connectivity index (χ1v) is 32.9. The molecule has 2 aliphatic heterocycles. The number of rotatable bonds is 19. The van der Waals surface area contributed by atoms with Crippen LogP contribution in [-0.2, 0) is 26.8 Å². The molecule has 16 heteroatoms. The second-order valence-electron chi connectivity index (χ2n) is 23.7. The zero-order valence-electron chi connectivity index (χ0n) is 47.3. The number of hydrogen-bond donors (Lipinski definition) is 2. The van der Waals surface area contributed by atoms with E-state index in [1.54, 1.807) is 31.4 Å². The number of fused-ring (bicyclic) bond motifs is 3. The van der Waals surface area contributed by atoms with Gasteiger partial charge >= 0.3 is 6.09 Å². The van der Waals surface area contributed by atoms with Crippen LogP contribution in [0, 0.1) is 0 Å². The van der Waals surface area contributed by atoms with Gasteiger partial charge < -0.3 is 48.1 Å². The van der Waals surface area contributed by atoms with Crippen LogP contribution < -0.4 is 30.0 Å². The average Bonchev–Trinajstić information content (AvgIpc) is 4.26. The van der Waals surface area contributed by atoms with Gasteiger partial charge in [0.15, 0.2) is 39.6 Å². The maximum absolute atomic E-state index is 14.8. The molecule has 412 valence electrons. The number of nitrogen functional groups attached to an aromatic ring is 1. The van der Waals surface area contributed by atoms with E-state index in [2.05, 4.69) is 97.3 Å². The smallest absolute Gasteiger partial charge is 0.411 e. The van der Waals surface area contributed by atoms with Gasteiger partial charge in [-0.15, -0.1) is 0 Å². The minimum Gasteiger partial charge on any atom is -0.493 e. The van der Waals surface area contributed by atoms with Gasteiger partial charge in [-0.1, -0.05) is 108 Å². The Balaban J connectivity index is 0.977. The quantitative estimate of drug-likeness (QED) is 0.0598. The summed E-state index contributed by atoms with van der Waals surface area (Å²) in [6.45, 7) is 24.7. The molecule has 0 saturated carbocycles. The number of hydrogen-bond acceptors (Lipinski definition) is 11. The third-order valence-corrected chi connectivity index (χ3v) is 25.6. The molecular formula is C61H80N4O10Si2. The summed E-state index contributed by atoms with van der Waals surface area (Å²) in [6, 6.07) is 30.5. The molecule has 0 radical (unpaired) electrons. The number of carbonyl (C=O) groups is 3. The van der Waals surface area contributed by atoms with E-state index in [1.165, 1.54) is 7.11 Å². The lowest BCUT2D eigenvalue weighted by molar-refractivity contribution is 0.0678. The van der Waals surface area contributed by atoms with Crippen LogP contribution in [0.5, 0.6) is 23.0 Å². The second kappa shape index (κ2) is 23.3. The van der Waals surface area contributed by atoms with Crippen LogP contribution in [0.2, 0.25) is 36.3 Å². The number of nitrogens with two attached hydrogens (primary N) is 1. The predicted molar refractivity (Wildman–Crippen MR) is 309 cm³/mol. The third kappa shape index (κ3) is 12.7. The Morgan fingerprint density at radius 1 is 0.597 bits per heavy atom. The molecule has 3 amide bonds. The molecule has 2 fully saturated rings. The van der Waals surface area contributed by atoms with Crippen LogP contribution in [0.1, 0.15) is 116 Å². The number of nitrogens with one attached hydrogen (secondary N) is 1. The van der Waals surface area contributed by atoms with E-state index in [4.69, 9.17) is 38.3 Å². The summed E-state index contributed by atoms with van der Waals surface area (Å²) in [7, 11) is -1.04. The number of amides is 3. The molecule has 8 rings (SSSR count). The van der Waals surface area contributed by atoms with Crippen LogP contribution >= 0.6 is 0 Å². The first-order valence-electron chi connectivity index (χ1n) is 27.0. The van der Waals surface area contributed by atoms with E-state index in [0.717, 1.165) is 59.1 Å². The average molecular weight is 1090 g/mol. The summed E-state index contributed by atoms with van der Waals surface area (Å²) in [6.07, 6.45) is 2.71. The highest BCUT2D eigenvalue weighted by atomic mass is 28.4. The maximum atomic E-state index is 14.8. The molecule has 5 aromatic carbocycles. The van der Waals surface area contributed by atoms with Crippen molar-refractivity contribution in [3.8, 4) is 34.1 Å². The molecule has 2 saturated heterocycles. The fraction of sp³-hybridized carbons (Fsp3) is 0.459. The Kier molecular flexibility index (Phi) is 17.2. The Bertz CT molecular complexity index is 2900. The Labute approximate surface area is 458 Å². The molecule has 2 heterocycles. The van der Waals surface area contributed by atoms with E-state index >= 15 is 0 Å². The van der Waals surface area contributed by atoms with Crippen molar-refractivity contribution < 1.29 is 46.9 Å². The predicted octanol–water partition coefficient (Wildman–Crippen LogP) is 13.1. The summed E-state index contributed by atoms with van der Waals surface area (Å²) >= 11 is 0. The van der Waals surface area contributed by atoms with Crippen LogP contribution in [0.4, 0.5) is 16.2 Å². The SMILES string of the molecule is COc1cc(C(=O)N2CCC[C@H]2CO[Si](C)(C)C(C)(C)C)c(N)cc1OCc1cccc(COc2cc(NC(=O)OCC3c4ccccc4-c4ccccc43)c(C(=O)N3CCC[C@H]3CO[Si](C)(C)C(C)(C)C)cc2OC)c1. The lowest BCUT2D eigenvalue weighted by atomic mass is 9.98. The van der Waals surface area contributed by atoms with Gasteiger partial charge in [0.25, 0.3) is 11.8 Å². The van der Waals surface area contributed by atoms with Crippen molar-refractivity contribution in [3.05, 3.63) is 130 Å². The Hall–Kier alpha value is -6.34. The fourth-order valence-corrected chi connectivity index (χ4v) is 12.0. The van der Waals surface area contributed by atoms with Crippen molar-refractivity contribution in [2.75, 3.05) is 58.2 Å². The lowest BCUT2D eigenvalue weighted by Crippen LogP contribution is -2.46. The van der Waals surface area contributed by atoms with Crippen LogP contribution in [0.15, 0.2) is 97.1 Å². The van der Waals surface area contributed by atoms with Gasteiger partial charge in [0.1, 0.15) is 19.8 Å². The molecule has 1 aliphatic carbocycles. The number of ether oxygens (including phenoxy) is 5. The van der Waals surface area contributed by atoms with Crippen LogP contribution in [0.3, 0.4) is 0 Å². The van der Waals surface area contributed by atoms with Gasteiger partial charge in [-0.3, -0.25) is 14.9 Å². The third-order valence-electron chi connectivity index (χ3n) is 16.6. The summed E-state index contributed by atoms with van der Waals surface area (Å²) in [4.78, 5) is 46.5. The molecule has 3 aliphatic rings. The van der Waals surface area contributed by atoms with Crippen molar-refractivity contribution >= 4 is 45.9 Å². The molecule has 0 aromatic heterocycles. The number of nitrogens with zero attached hydrogens (tertiary/aromatic N) is 2. The molecule has 77 heavy (non-hydrogen) atoms. The fourth-order valence-electron chi connectivity index (χ4n) is 9.93. The summed E-state index contributed by atoms with van der Waals surface area (Å²) in [5.74, 6) is 0.887. The number of carbonyl (C=O) groups excluding carboxylic acids is 3. The summed E-state index contributed by atoms with van der Waals surface area (Å²) in [5.41, 5.74) is 13.8. The highest BCUT2D eigenvalue weighted by Crippen LogP contribution is 2.45. The Morgan fingerprint density at radius 3 is 1.56 bits per heavy atom. The van der Waals surface area contributed by atoms with Gasteiger partial charge in [-0.05, 0) is 114 Å². The van der Waals surface area contributed by atoms with Gasteiger partial charge in [0.05, 0.1) is 56.3 Å². The molecule has 0 unspecified atom stereocenters. The van der Waals surface area contributed by atoms with E-state index in [0.29, 0.717) is 60.6 Å². The van der Waals surface area contributed by atoms with Crippen molar-refractivity contribution in [1.82, 2.24) is 9.80 Å². The zero-order chi connectivity index (χ0) is 55.5. The van der Waals surface area contributed by atoms with Gasteiger partial charge in [-0.25, -0.2) is 4.79 Å². The van der Waals surface area contributed by atoms with E-state index < -0.39 is 22.7 Å². The van der Waals surface area contributed by atoms with E-state index in [-0.39, 0.29) is 71.0 Å². The maximum Gasteiger partial charge on any atom is 0.411 e. The lowest BCUT2D eigenvalue weighted by Gasteiger charge is -2.38. The minimum absolute atomic E-state index is 0.0122. The first kappa shape index (κ1) is 56.9. The number of methoxy groups -OCH3 is 2.